The second-order valence-corrected chi connectivity index (χ2v) is 8.91. The van der Waals surface area contributed by atoms with Gasteiger partial charge < -0.3 is 5.32 Å². The summed E-state index contributed by atoms with van der Waals surface area (Å²) in [6.07, 6.45) is 6.08. The summed E-state index contributed by atoms with van der Waals surface area (Å²) in [7, 11) is 0. The molecule has 4 rings (SSSR count). The van der Waals surface area contributed by atoms with Crippen LogP contribution in [0.2, 0.25) is 0 Å². The molecule has 29 heavy (non-hydrogen) atoms. The molecular weight excluding hydrogens is 358 g/mol. The third kappa shape index (κ3) is 4.74. The average Bonchev–Trinajstić information content (AvgIpc) is 3.12. The molecule has 0 spiro atoms. The highest BCUT2D eigenvalue weighted by Crippen LogP contribution is 2.29. The van der Waals surface area contributed by atoms with Gasteiger partial charge in [-0.3, -0.25) is 14.6 Å². The van der Waals surface area contributed by atoms with E-state index in [1.54, 1.807) is 0 Å². The SMILES string of the molecule is CC(C)(C)c1nn(Cc2ccccc2)cc1CN1CCNCC1c1cccnc1. The van der Waals surface area contributed by atoms with Crippen molar-refractivity contribution < 1.29 is 0 Å². The summed E-state index contributed by atoms with van der Waals surface area (Å²) in [5, 5.41) is 8.54. The van der Waals surface area contributed by atoms with E-state index >= 15 is 0 Å². The lowest BCUT2D eigenvalue weighted by molar-refractivity contribution is 0.152. The van der Waals surface area contributed by atoms with Crippen LogP contribution in [0.1, 0.15) is 49.2 Å². The first-order valence-electron chi connectivity index (χ1n) is 10.5. The summed E-state index contributed by atoms with van der Waals surface area (Å²) in [5.41, 5.74) is 5.07. The number of hydrogen-bond donors (Lipinski definition) is 1. The van der Waals surface area contributed by atoms with Gasteiger partial charge in [-0.1, -0.05) is 57.2 Å². The second-order valence-electron chi connectivity index (χ2n) is 8.91. The van der Waals surface area contributed by atoms with Crippen molar-refractivity contribution in [3.63, 3.8) is 0 Å². The molecule has 0 saturated carbocycles. The minimum absolute atomic E-state index is 0.00903. The number of nitrogens with zero attached hydrogens (tertiary/aromatic N) is 4. The topological polar surface area (TPSA) is 46.0 Å². The summed E-state index contributed by atoms with van der Waals surface area (Å²) < 4.78 is 2.10. The first-order valence-corrected chi connectivity index (χ1v) is 10.5. The number of hydrogen-bond acceptors (Lipinski definition) is 4. The first kappa shape index (κ1) is 19.8. The number of pyridine rings is 1. The van der Waals surface area contributed by atoms with Crippen molar-refractivity contribution in [2.45, 2.75) is 45.3 Å². The Hall–Kier alpha value is -2.50. The third-order valence-corrected chi connectivity index (χ3v) is 5.53. The van der Waals surface area contributed by atoms with Gasteiger partial charge in [0.2, 0.25) is 0 Å². The number of benzene rings is 1. The maximum atomic E-state index is 5.00. The maximum Gasteiger partial charge on any atom is 0.0723 e. The summed E-state index contributed by atoms with van der Waals surface area (Å²) in [6.45, 7) is 11.5. The summed E-state index contributed by atoms with van der Waals surface area (Å²) in [5.74, 6) is 0. The molecule has 3 aromatic rings. The Kier molecular flexibility index (Phi) is 5.79. The van der Waals surface area contributed by atoms with E-state index in [9.17, 15) is 0 Å². The van der Waals surface area contributed by atoms with Gasteiger partial charge in [0.1, 0.15) is 0 Å². The smallest absolute Gasteiger partial charge is 0.0723 e. The van der Waals surface area contributed by atoms with E-state index in [0.29, 0.717) is 6.04 Å². The van der Waals surface area contributed by atoms with Gasteiger partial charge in [-0.15, -0.1) is 0 Å². The number of rotatable bonds is 5. The van der Waals surface area contributed by atoms with Crippen LogP contribution in [0.3, 0.4) is 0 Å². The molecule has 1 fully saturated rings. The van der Waals surface area contributed by atoms with Crippen LogP contribution < -0.4 is 5.32 Å². The molecule has 0 bridgehead atoms. The lowest BCUT2D eigenvalue weighted by Crippen LogP contribution is -2.45. The van der Waals surface area contributed by atoms with Crippen molar-refractivity contribution in [3.05, 3.63) is 83.4 Å². The Morgan fingerprint density at radius 3 is 2.62 bits per heavy atom. The Bertz CT molecular complexity index is 911. The maximum absolute atomic E-state index is 5.00. The fourth-order valence-corrected chi connectivity index (χ4v) is 4.12. The Morgan fingerprint density at radius 1 is 1.07 bits per heavy atom. The van der Waals surface area contributed by atoms with Crippen molar-refractivity contribution >= 4 is 0 Å². The summed E-state index contributed by atoms with van der Waals surface area (Å²) in [4.78, 5) is 6.90. The van der Waals surface area contributed by atoms with E-state index in [2.05, 4.69) is 83.2 Å². The highest BCUT2D eigenvalue weighted by atomic mass is 15.3. The van der Waals surface area contributed by atoms with Crippen LogP contribution in [0.4, 0.5) is 0 Å². The van der Waals surface area contributed by atoms with Crippen molar-refractivity contribution in [1.29, 1.82) is 0 Å². The van der Waals surface area contributed by atoms with Gasteiger partial charge in [-0.25, -0.2) is 0 Å². The standard InChI is InChI=1S/C24H31N5/c1-24(2,3)23-21(18-29(27-23)16-19-8-5-4-6-9-19)17-28-13-12-26-15-22(28)20-10-7-11-25-14-20/h4-11,14,18,22,26H,12-13,15-17H2,1-3H3. The van der Waals surface area contributed by atoms with Gasteiger partial charge in [0.25, 0.3) is 0 Å². The molecule has 1 unspecified atom stereocenters. The van der Waals surface area contributed by atoms with Crippen LogP contribution in [-0.2, 0) is 18.5 Å². The van der Waals surface area contributed by atoms with Gasteiger partial charge >= 0.3 is 0 Å². The summed E-state index contributed by atoms with van der Waals surface area (Å²) >= 11 is 0. The first-order chi connectivity index (χ1) is 14.0. The van der Waals surface area contributed by atoms with Crippen LogP contribution in [0, 0.1) is 0 Å². The van der Waals surface area contributed by atoms with E-state index in [1.165, 1.54) is 22.4 Å². The Labute approximate surface area is 173 Å². The monoisotopic (exact) mass is 389 g/mol. The number of nitrogens with one attached hydrogen (secondary N) is 1. The zero-order chi connectivity index (χ0) is 20.3. The highest BCUT2D eigenvalue weighted by molar-refractivity contribution is 5.26. The molecular formula is C24H31N5. The lowest BCUT2D eigenvalue weighted by atomic mass is 9.89. The average molecular weight is 390 g/mol. The molecule has 1 aliphatic heterocycles. The van der Waals surface area contributed by atoms with Crippen LogP contribution in [0.15, 0.2) is 61.1 Å². The molecule has 1 aromatic carbocycles. The third-order valence-electron chi connectivity index (χ3n) is 5.53. The quantitative estimate of drug-likeness (QED) is 0.722. The van der Waals surface area contributed by atoms with E-state index < -0.39 is 0 Å². The number of aromatic nitrogens is 3. The van der Waals surface area contributed by atoms with Crippen molar-refractivity contribution in [3.8, 4) is 0 Å². The fourth-order valence-electron chi connectivity index (χ4n) is 4.12. The molecule has 1 saturated heterocycles. The zero-order valence-corrected chi connectivity index (χ0v) is 17.7. The normalized spacial score (nSPS) is 18.1. The fraction of sp³-hybridized carbons (Fsp3) is 0.417. The van der Waals surface area contributed by atoms with Gasteiger partial charge in [0, 0.05) is 61.8 Å². The van der Waals surface area contributed by atoms with Crippen LogP contribution in [0.25, 0.3) is 0 Å². The summed E-state index contributed by atoms with van der Waals surface area (Å²) in [6, 6.07) is 15.1. The van der Waals surface area contributed by atoms with E-state index in [-0.39, 0.29) is 5.41 Å². The van der Waals surface area contributed by atoms with Crippen LogP contribution in [0.5, 0.6) is 0 Å². The van der Waals surface area contributed by atoms with Gasteiger partial charge in [-0.05, 0) is 17.2 Å². The van der Waals surface area contributed by atoms with E-state index in [1.807, 2.05) is 18.5 Å². The molecule has 1 aliphatic rings. The lowest BCUT2D eigenvalue weighted by Gasteiger charge is -2.36. The molecule has 152 valence electrons. The minimum atomic E-state index is 0.00903. The predicted molar refractivity (Wildman–Crippen MR) is 117 cm³/mol. The zero-order valence-electron chi connectivity index (χ0n) is 17.7. The molecule has 1 N–H and O–H groups in total. The second kappa shape index (κ2) is 8.47. The molecule has 0 amide bonds. The van der Waals surface area contributed by atoms with Crippen molar-refractivity contribution in [1.82, 2.24) is 25.0 Å². The molecule has 2 aromatic heterocycles. The Morgan fingerprint density at radius 2 is 1.90 bits per heavy atom. The predicted octanol–water partition coefficient (Wildman–Crippen LogP) is 3.77. The number of piperazine rings is 1. The largest absolute Gasteiger partial charge is 0.314 e. The molecule has 5 nitrogen and oxygen atoms in total. The molecule has 0 aliphatic carbocycles. The molecule has 3 heterocycles. The Balaban J connectivity index is 1.61. The van der Waals surface area contributed by atoms with Gasteiger partial charge in [0.05, 0.1) is 12.2 Å². The van der Waals surface area contributed by atoms with E-state index in [0.717, 1.165) is 32.7 Å². The van der Waals surface area contributed by atoms with Crippen LogP contribution >= 0.6 is 0 Å². The van der Waals surface area contributed by atoms with Crippen molar-refractivity contribution in [2.75, 3.05) is 19.6 Å². The van der Waals surface area contributed by atoms with Gasteiger partial charge in [0.15, 0.2) is 0 Å². The molecule has 1 atom stereocenters. The minimum Gasteiger partial charge on any atom is -0.314 e. The van der Waals surface area contributed by atoms with E-state index in [4.69, 9.17) is 5.10 Å². The molecule has 5 heteroatoms. The highest BCUT2D eigenvalue weighted by Gasteiger charge is 2.28. The van der Waals surface area contributed by atoms with Crippen molar-refractivity contribution in [2.24, 2.45) is 0 Å². The van der Waals surface area contributed by atoms with Gasteiger partial charge in [-0.2, -0.15) is 5.10 Å². The molecule has 0 radical (unpaired) electrons. The van der Waals surface area contributed by atoms with Crippen LogP contribution in [-0.4, -0.2) is 39.3 Å².